The molecule has 1 aliphatic rings. The Hall–Kier alpha value is -0.690. The summed E-state index contributed by atoms with van der Waals surface area (Å²) in [7, 11) is 0. The predicted octanol–water partition coefficient (Wildman–Crippen LogP) is 4.74. The van der Waals surface area contributed by atoms with E-state index in [-0.39, 0.29) is 0 Å². The third kappa shape index (κ3) is 3.38. The van der Waals surface area contributed by atoms with Gasteiger partial charge in [-0.05, 0) is 37.5 Å². The highest BCUT2D eigenvalue weighted by molar-refractivity contribution is 6.21. The molecule has 1 saturated carbocycles. The Morgan fingerprint density at radius 2 is 1.82 bits per heavy atom. The van der Waals surface area contributed by atoms with E-state index in [4.69, 9.17) is 16.3 Å². The van der Waals surface area contributed by atoms with E-state index in [0.717, 1.165) is 18.8 Å². The zero-order chi connectivity index (χ0) is 12.1. The summed E-state index contributed by atoms with van der Waals surface area (Å²) in [5.74, 6) is 1.48. The second-order valence-corrected chi connectivity index (χ2v) is 5.32. The number of alkyl halides is 1. The smallest absolute Gasteiger partial charge is 0.119 e. The Labute approximate surface area is 109 Å². The van der Waals surface area contributed by atoms with Crippen LogP contribution in [0.4, 0.5) is 0 Å². The lowest BCUT2D eigenvalue weighted by atomic mass is 9.91. The lowest BCUT2D eigenvalue weighted by Gasteiger charge is -2.20. The van der Waals surface area contributed by atoms with Crippen molar-refractivity contribution in [2.45, 2.75) is 50.3 Å². The second-order valence-electron chi connectivity index (χ2n) is 4.76. The molecule has 0 aromatic heterocycles. The first-order chi connectivity index (χ1) is 8.31. The summed E-state index contributed by atoms with van der Waals surface area (Å²) in [4.78, 5) is 0. The Morgan fingerprint density at radius 1 is 1.12 bits per heavy atom. The van der Waals surface area contributed by atoms with Crippen LogP contribution in [0.2, 0.25) is 0 Å². The molecule has 2 atom stereocenters. The minimum Gasteiger partial charge on any atom is -0.494 e. The fourth-order valence-corrected chi connectivity index (χ4v) is 3.04. The highest BCUT2D eigenvalue weighted by Gasteiger charge is 2.23. The third-order valence-electron chi connectivity index (χ3n) is 3.55. The summed E-state index contributed by atoms with van der Waals surface area (Å²) in [6.07, 6.45) is 6.29. The normalized spacial score (nSPS) is 25.3. The first-order valence-electron chi connectivity index (χ1n) is 6.68. The van der Waals surface area contributed by atoms with Crippen molar-refractivity contribution in [2.75, 3.05) is 6.61 Å². The number of benzene rings is 1. The fraction of sp³-hybridized carbons (Fsp3) is 0.600. The molecule has 17 heavy (non-hydrogen) atoms. The van der Waals surface area contributed by atoms with Crippen LogP contribution in [0.25, 0.3) is 0 Å². The van der Waals surface area contributed by atoms with Crippen molar-refractivity contribution in [3.05, 3.63) is 29.8 Å². The maximum absolute atomic E-state index is 6.49. The van der Waals surface area contributed by atoms with Crippen LogP contribution in [-0.4, -0.2) is 12.0 Å². The van der Waals surface area contributed by atoms with Gasteiger partial charge in [0.2, 0.25) is 0 Å². The lowest BCUT2D eigenvalue weighted by Crippen LogP contribution is -2.11. The summed E-state index contributed by atoms with van der Waals surface area (Å²) in [5, 5.41) is 0.301. The van der Waals surface area contributed by atoms with Crippen LogP contribution < -0.4 is 4.74 Å². The molecule has 1 fully saturated rings. The molecular formula is C15H21ClO. The molecule has 0 amide bonds. The van der Waals surface area contributed by atoms with Gasteiger partial charge in [-0.2, -0.15) is 0 Å². The van der Waals surface area contributed by atoms with Gasteiger partial charge in [-0.1, -0.05) is 31.4 Å². The van der Waals surface area contributed by atoms with E-state index in [1.165, 1.54) is 31.2 Å². The second kappa shape index (κ2) is 6.30. The Kier molecular flexibility index (Phi) is 4.73. The minimum absolute atomic E-state index is 0.301. The fourth-order valence-electron chi connectivity index (χ4n) is 2.62. The molecule has 2 heteroatoms. The molecule has 0 aliphatic heterocycles. The van der Waals surface area contributed by atoms with Gasteiger partial charge in [-0.15, -0.1) is 11.6 Å². The van der Waals surface area contributed by atoms with Gasteiger partial charge in [-0.3, -0.25) is 0 Å². The van der Waals surface area contributed by atoms with Crippen molar-refractivity contribution in [1.29, 1.82) is 0 Å². The van der Waals surface area contributed by atoms with E-state index >= 15 is 0 Å². The zero-order valence-electron chi connectivity index (χ0n) is 10.5. The van der Waals surface area contributed by atoms with Crippen LogP contribution in [0, 0.1) is 0 Å². The molecule has 2 rings (SSSR count). The number of hydrogen-bond donors (Lipinski definition) is 0. The van der Waals surface area contributed by atoms with Crippen LogP contribution in [0.15, 0.2) is 24.3 Å². The molecule has 0 bridgehead atoms. The zero-order valence-corrected chi connectivity index (χ0v) is 11.2. The number of ether oxygens (including phenoxy) is 1. The monoisotopic (exact) mass is 252 g/mol. The van der Waals surface area contributed by atoms with E-state index in [1.54, 1.807) is 0 Å². The molecule has 1 aromatic carbocycles. The number of halogens is 1. The lowest BCUT2D eigenvalue weighted by molar-refractivity contribution is 0.340. The molecule has 0 saturated heterocycles. The summed E-state index contributed by atoms with van der Waals surface area (Å²) in [6.45, 7) is 2.73. The van der Waals surface area contributed by atoms with E-state index < -0.39 is 0 Å². The van der Waals surface area contributed by atoms with Crippen molar-refractivity contribution >= 4 is 11.6 Å². The highest BCUT2D eigenvalue weighted by Crippen LogP contribution is 2.35. The first-order valence-corrected chi connectivity index (χ1v) is 7.11. The minimum atomic E-state index is 0.301. The van der Waals surface area contributed by atoms with Crippen molar-refractivity contribution < 1.29 is 4.74 Å². The SMILES string of the molecule is CCOc1ccc(C2CCCCCC2Cl)cc1. The van der Waals surface area contributed by atoms with Gasteiger partial charge < -0.3 is 4.74 Å². The molecule has 0 spiro atoms. The summed E-state index contributed by atoms with van der Waals surface area (Å²) in [5.41, 5.74) is 1.37. The molecule has 1 aromatic rings. The Bertz CT molecular complexity index is 333. The maximum Gasteiger partial charge on any atom is 0.119 e. The van der Waals surface area contributed by atoms with E-state index in [9.17, 15) is 0 Å². The summed E-state index contributed by atoms with van der Waals surface area (Å²) < 4.78 is 5.47. The van der Waals surface area contributed by atoms with Gasteiger partial charge in [0.1, 0.15) is 5.75 Å². The standard InChI is InChI=1S/C15H21ClO/c1-2-17-13-10-8-12(9-11-13)14-6-4-3-5-7-15(14)16/h8-11,14-15H,2-7H2,1H3. The maximum atomic E-state index is 6.49. The molecule has 2 unspecified atom stereocenters. The van der Waals surface area contributed by atoms with Gasteiger partial charge in [0.15, 0.2) is 0 Å². The Morgan fingerprint density at radius 3 is 2.53 bits per heavy atom. The average Bonchev–Trinajstić information content (AvgIpc) is 2.56. The first kappa shape index (κ1) is 12.8. The van der Waals surface area contributed by atoms with Gasteiger partial charge in [0.05, 0.1) is 6.61 Å². The van der Waals surface area contributed by atoms with E-state index in [1.807, 2.05) is 6.92 Å². The van der Waals surface area contributed by atoms with Gasteiger partial charge in [0.25, 0.3) is 0 Å². The van der Waals surface area contributed by atoms with E-state index in [0.29, 0.717) is 11.3 Å². The molecular weight excluding hydrogens is 232 g/mol. The quantitative estimate of drug-likeness (QED) is 0.558. The topological polar surface area (TPSA) is 9.23 Å². The molecule has 1 nitrogen and oxygen atoms in total. The average molecular weight is 253 g/mol. The van der Waals surface area contributed by atoms with Crippen molar-refractivity contribution in [3.63, 3.8) is 0 Å². The van der Waals surface area contributed by atoms with Gasteiger partial charge >= 0.3 is 0 Å². The molecule has 0 N–H and O–H groups in total. The molecule has 0 heterocycles. The predicted molar refractivity (Wildman–Crippen MR) is 73.1 cm³/mol. The van der Waals surface area contributed by atoms with Crippen LogP contribution in [0.1, 0.15) is 50.5 Å². The number of hydrogen-bond acceptors (Lipinski definition) is 1. The van der Waals surface area contributed by atoms with Crippen LogP contribution in [0.5, 0.6) is 5.75 Å². The molecule has 94 valence electrons. The van der Waals surface area contributed by atoms with Crippen molar-refractivity contribution in [2.24, 2.45) is 0 Å². The Balaban J connectivity index is 2.09. The highest BCUT2D eigenvalue weighted by atomic mass is 35.5. The van der Waals surface area contributed by atoms with E-state index in [2.05, 4.69) is 24.3 Å². The van der Waals surface area contributed by atoms with Crippen LogP contribution >= 0.6 is 11.6 Å². The van der Waals surface area contributed by atoms with Crippen LogP contribution in [-0.2, 0) is 0 Å². The summed E-state index contributed by atoms with van der Waals surface area (Å²) >= 11 is 6.49. The number of rotatable bonds is 3. The van der Waals surface area contributed by atoms with Gasteiger partial charge in [0, 0.05) is 11.3 Å². The molecule has 0 radical (unpaired) electrons. The largest absolute Gasteiger partial charge is 0.494 e. The van der Waals surface area contributed by atoms with Crippen molar-refractivity contribution in [3.8, 4) is 5.75 Å². The van der Waals surface area contributed by atoms with Crippen molar-refractivity contribution in [1.82, 2.24) is 0 Å². The molecule has 1 aliphatic carbocycles. The van der Waals surface area contributed by atoms with Gasteiger partial charge in [-0.25, -0.2) is 0 Å². The van der Waals surface area contributed by atoms with Crippen LogP contribution in [0.3, 0.4) is 0 Å². The third-order valence-corrected chi connectivity index (χ3v) is 4.07. The summed E-state index contributed by atoms with van der Waals surface area (Å²) in [6, 6.07) is 8.48.